The van der Waals surface area contributed by atoms with Crippen LogP contribution in [0.1, 0.15) is 27.7 Å². The Bertz CT molecular complexity index is 1130. The van der Waals surface area contributed by atoms with Crippen LogP contribution in [0, 0.1) is 0 Å². The van der Waals surface area contributed by atoms with Crippen LogP contribution in [0.15, 0.2) is 35.5 Å². The number of anilines is 1. The molecule has 4 rings (SSSR count). The number of β-lactam (4-membered cyclic amide) rings is 1. The molecule has 0 bridgehead atoms. The van der Waals surface area contributed by atoms with Crippen LogP contribution >= 0.6 is 11.8 Å². The highest BCUT2D eigenvalue weighted by atomic mass is 32.2. The van der Waals surface area contributed by atoms with E-state index in [1.807, 2.05) is 35.9 Å². The van der Waals surface area contributed by atoms with E-state index in [1.54, 1.807) is 20.8 Å². The van der Waals surface area contributed by atoms with E-state index in [0.29, 0.717) is 17.3 Å². The number of amides is 1. The van der Waals surface area contributed by atoms with Crippen LogP contribution in [0.25, 0.3) is 11.0 Å². The minimum atomic E-state index is -0.727. The van der Waals surface area contributed by atoms with Gasteiger partial charge in [-0.3, -0.25) is 14.5 Å². The number of benzene rings is 1. The fraction of sp³-hybridized carbons (Fsp3) is 0.455. The predicted molar refractivity (Wildman–Crippen MR) is 121 cm³/mol. The zero-order chi connectivity index (χ0) is 23.2. The van der Waals surface area contributed by atoms with Gasteiger partial charge in [-0.1, -0.05) is 12.1 Å². The summed E-state index contributed by atoms with van der Waals surface area (Å²) in [4.78, 5) is 43.5. The van der Waals surface area contributed by atoms with Gasteiger partial charge in [0.1, 0.15) is 29.3 Å². The van der Waals surface area contributed by atoms with Crippen molar-refractivity contribution in [3.8, 4) is 0 Å². The van der Waals surface area contributed by atoms with Crippen LogP contribution in [0.2, 0.25) is 0 Å². The Morgan fingerprint density at radius 2 is 2.00 bits per heavy atom. The second kappa shape index (κ2) is 8.16. The SMILES string of the molecule is CC(=O)OCC1=C(C(=O)OC(C)(C)C)N2C(=O)[C@@H](Nc3nc4ccccc4n3C)[C@H]2SC1. The zero-order valence-electron chi connectivity index (χ0n) is 18.7. The van der Waals surface area contributed by atoms with E-state index in [1.165, 1.54) is 23.6 Å². The second-order valence-electron chi connectivity index (χ2n) is 8.75. The number of ether oxygens (including phenoxy) is 2. The molecule has 170 valence electrons. The first-order valence-corrected chi connectivity index (χ1v) is 11.3. The predicted octanol–water partition coefficient (Wildman–Crippen LogP) is 2.43. The molecule has 3 heterocycles. The molecule has 2 atom stereocenters. The minimum absolute atomic E-state index is 0.0593. The number of para-hydroxylation sites is 2. The lowest BCUT2D eigenvalue weighted by Crippen LogP contribution is -2.68. The van der Waals surface area contributed by atoms with Gasteiger partial charge in [-0.05, 0) is 32.9 Å². The summed E-state index contributed by atoms with van der Waals surface area (Å²) < 4.78 is 12.6. The number of nitrogens with one attached hydrogen (secondary N) is 1. The van der Waals surface area contributed by atoms with Crippen molar-refractivity contribution in [2.75, 3.05) is 17.7 Å². The van der Waals surface area contributed by atoms with Crippen LogP contribution in [0.4, 0.5) is 5.95 Å². The summed E-state index contributed by atoms with van der Waals surface area (Å²) in [5.41, 5.74) is 1.78. The Morgan fingerprint density at radius 1 is 1.28 bits per heavy atom. The zero-order valence-corrected chi connectivity index (χ0v) is 19.5. The maximum absolute atomic E-state index is 13.2. The molecule has 1 amide bonds. The number of aromatic nitrogens is 2. The van der Waals surface area contributed by atoms with Crippen LogP contribution in [-0.4, -0.2) is 61.7 Å². The Hall–Kier alpha value is -3.01. The topological polar surface area (TPSA) is 103 Å². The average Bonchev–Trinajstić information content (AvgIpc) is 3.04. The summed E-state index contributed by atoms with van der Waals surface area (Å²) in [6.07, 6.45) is 0. The molecule has 0 radical (unpaired) electrons. The van der Waals surface area contributed by atoms with E-state index in [-0.39, 0.29) is 23.6 Å². The highest BCUT2D eigenvalue weighted by molar-refractivity contribution is 8.00. The number of esters is 2. The first kappa shape index (κ1) is 22.2. The van der Waals surface area contributed by atoms with Crippen molar-refractivity contribution in [2.24, 2.45) is 7.05 Å². The second-order valence-corrected chi connectivity index (χ2v) is 9.85. The third-order valence-electron chi connectivity index (χ3n) is 5.16. The van der Waals surface area contributed by atoms with Gasteiger partial charge in [-0.2, -0.15) is 0 Å². The number of nitrogens with zero attached hydrogens (tertiary/aromatic N) is 3. The van der Waals surface area contributed by atoms with Gasteiger partial charge in [0.2, 0.25) is 5.95 Å². The van der Waals surface area contributed by atoms with E-state index in [0.717, 1.165) is 11.0 Å². The summed E-state index contributed by atoms with van der Waals surface area (Å²) in [5.74, 6) is -0.283. The summed E-state index contributed by atoms with van der Waals surface area (Å²) in [5, 5.41) is 2.94. The Morgan fingerprint density at radius 3 is 2.66 bits per heavy atom. The van der Waals surface area contributed by atoms with Gasteiger partial charge in [0.05, 0.1) is 11.0 Å². The number of fused-ring (bicyclic) bond motifs is 2. The molecule has 1 N–H and O–H groups in total. The van der Waals surface area contributed by atoms with Gasteiger partial charge < -0.3 is 19.4 Å². The quantitative estimate of drug-likeness (QED) is 0.538. The molecule has 1 aromatic heterocycles. The number of carbonyl (C=O) groups excluding carboxylic acids is 3. The van der Waals surface area contributed by atoms with Crippen molar-refractivity contribution < 1.29 is 23.9 Å². The number of rotatable bonds is 5. The van der Waals surface area contributed by atoms with Crippen LogP contribution in [-0.2, 0) is 30.9 Å². The molecular formula is C22H26N4O5S. The molecule has 1 aromatic carbocycles. The molecule has 0 spiro atoms. The highest BCUT2D eigenvalue weighted by Gasteiger charge is 2.54. The van der Waals surface area contributed by atoms with Gasteiger partial charge in [-0.15, -0.1) is 11.8 Å². The molecule has 32 heavy (non-hydrogen) atoms. The number of hydrogen-bond donors (Lipinski definition) is 1. The third-order valence-corrected chi connectivity index (χ3v) is 6.50. The standard InChI is InChI=1S/C22H26N4O5S/c1-12(27)30-10-13-11-32-19-16(18(28)26(19)17(13)20(29)31-22(2,3)4)24-21-23-14-8-6-7-9-15(14)25(21)5/h6-9,16,19H,10-11H2,1-5H3,(H,23,24)/t16-,19-/m1/s1. The van der Waals surface area contributed by atoms with E-state index >= 15 is 0 Å². The van der Waals surface area contributed by atoms with Crippen LogP contribution in [0.3, 0.4) is 0 Å². The minimum Gasteiger partial charge on any atom is -0.461 e. The van der Waals surface area contributed by atoms with E-state index in [2.05, 4.69) is 10.3 Å². The normalized spacial score (nSPS) is 20.7. The fourth-order valence-electron chi connectivity index (χ4n) is 3.71. The summed E-state index contributed by atoms with van der Waals surface area (Å²) in [6.45, 7) is 6.54. The molecule has 10 heteroatoms. The smallest absolute Gasteiger partial charge is 0.355 e. The van der Waals surface area contributed by atoms with Crippen molar-refractivity contribution in [2.45, 2.75) is 44.7 Å². The van der Waals surface area contributed by atoms with Crippen molar-refractivity contribution in [3.63, 3.8) is 0 Å². The third kappa shape index (κ3) is 4.06. The first-order valence-electron chi connectivity index (χ1n) is 10.3. The fourth-order valence-corrected chi connectivity index (χ4v) is 5.04. The summed E-state index contributed by atoms with van der Waals surface area (Å²) in [6, 6.07) is 7.18. The lowest BCUT2D eigenvalue weighted by Gasteiger charge is -2.50. The lowest BCUT2D eigenvalue weighted by atomic mass is 10.0. The molecule has 2 aromatic rings. The van der Waals surface area contributed by atoms with E-state index in [9.17, 15) is 14.4 Å². The van der Waals surface area contributed by atoms with Crippen LogP contribution < -0.4 is 5.32 Å². The number of hydrogen-bond acceptors (Lipinski definition) is 8. The van der Waals surface area contributed by atoms with E-state index in [4.69, 9.17) is 9.47 Å². The molecule has 2 aliphatic rings. The van der Waals surface area contributed by atoms with Crippen molar-refractivity contribution in [1.82, 2.24) is 14.5 Å². The van der Waals surface area contributed by atoms with Crippen molar-refractivity contribution in [3.05, 3.63) is 35.5 Å². The monoisotopic (exact) mass is 458 g/mol. The Kier molecular flexibility index (Phi) is 5.66. The molecule has 1 saturated heterocycles. The van der Waals surface area contributed by atoms with Gasteiger partial charge >= 0.3 is 11.9 Å². The lowest BCUT2D eigenvalue weighted by molar-refractivity contribution is -0.157. The molecule has 0 saturated carbocycles. The van der Waals surface area contributed by atoms with Crippen molar-refractivity contribution >= 4 is 46.6 Å². The summed E-state index contributed by atoms with van der Waals surface area (Å²) >= 11 is 1.50. The molecule has 0 aliphatic carbocycles. The van der Waals surface area contributed by atoms with Crippen molar-refractivity contribution in [1.29, 1.82) is 0 Å². The molecule has 1 fully saturated rings. The Labute approximate surface area is 190 Å². The summed E-state index contributed by atoms with van der Waals surface area (Å²) in [7, 11) is 1.88. The van der Waals surface area contributed by atoms with E-state index < -0.39 is 23.6 Å². The molecule has 9 nitrogen and oxygen atoms in total. The van der Waals surface area contributed by atoms with Gasteiger partial charge in [0, 0.05) is 25.3 Å². The highest BCUT2D eigenvalue weighted by Crippen LogP contribution is 2.42. The van der Waals surface area contributed by atoms with Gasteiger partial charge in [0.25, 0.3) is 5.91 Å². The first-order chi connectivity index (χ1) is 15.1. The average molecular weight is 459 g/mol. The maximum atomic E-state index is 13.2. The van der Waals surface area contributed by atoms with Gasteiger partial charge in [-0.25, -0.2) is 9.78 Å². The molecular weight excluding hydrogens is 432 g/mol. The van der Waals surface area contributed by atoms with Crippen LogP contribution in [0.5, 0.6) is 0 Å². The Balaban J connectivity index is 1.60. The number of thioether (sulfide) groups is 1. The molecule has 2 aliphatic heterocycles. The maximum Gasteiger partial charge on any atom is 0.355 e. The number of carbonyl (C=O) groups is 3. The number of aryl methyl sites for hydroxylation is 1. The van der Waals surface area contributed by atoms with Gasteiger partial charge in [0.15, 0.2) is 0 Å². The largest absolute Gasteiger partial charge is 0.461 e. The number of imidazole rings is 1. The molecule has 0 unspecified atom stereocenters.